The maximum atomic E-state index is 12.2. The second-order valence-electron chi connectivity index (χ2n) is 4.87. The molecule has 2 aromatic carbocycles. The number of rotatable bonds is 7. The quantitative estimate of drug-likeness (QED) is 0.852. The molecule has 0 aliphatic carbocycles. The Hall–Kier alpha value is -2.69. The Kier molecular flexibility index (Phi) is 5.86. The molecule has 0 fully saturated rings. The highest BCUT2D eigenvalue weighted by atomic mass is 16.5. The van der Waals surface area contributed by atoms with Crippen molar-refractivity contribution in [3.05, 3.63) is 48.0 Å². The van der Waals surface area contributed by atoms with Gasteiger partial charge in [-0.15, -0.1) is 0 Å². The van der Waals surface area contributed by atoms with E-state index < -0.39 is 0 Å². The number of benzene rings is 2. The van der Waals surface area contributed by atoms with Gasteiger partial charge in [0.05, 0.1) is 32.9 Å². The number of nitrogens with one attached hydrogen (secondary N) is 1. The van der Waals surface area contributed by atoms with E-state index in [-0.39, 0.29) is 12.3 Å². The van der Waals surface area contributed by atoms with Gasteiger partial charge in [-0.1, -0.05) is 12.1 Å². The topological polar surface area (TPSA) is 56.8 Å². The third-order valence-corrected chi connectivity index (χ3v) is 3.28. The van der Waals surface area contributed by atoms with Crippen LogP contribution in [0.1, 0.15) is 12.5 Å². The predicted octanol–water partition coefficient (Wildman–Crippen LogP) is 3.28. The first-order valence-electron chi connectivity index (χ1n) is 7.40. The van der Waals surface area contributed by atoms with E-state index in [1.165, 1.54) is 0 Å². The standard InChI is InChI=1S/C18H21NO4/c1-4-23-14-7-5-13(6-8-14)11-18(20)19-16-10-9-15(21-2)12-17(16)22-3/h5-10,12H,4,11H2,1-3H3,(H,19,20). The van der Waals surface area contributed by atoms with Crippen LogP contribution in [-0.4, -0.2) is 26.7 Å². The molecule has 0 aliphatic rings. The molecule has 2 rings (SSSR count). The van der Waals surface area contributed by atoms with Crippen LogP contribution in [0, 0.1) is 0 Å². The Morgan fingerprint density at radius 1 is 1.00 bits per heavy atom. The molecule has 1 N–H and O–H groups in total. The van der Waals surface area contributed by atoms with Gasteiger partial charge in [0.25, 0.3) is 0 Å². The van der Waals surface area contributed by atoms with E-state index in [9.17, 15) is 4.79 Å². The zero-order chi connectivity index (χ0) is 16.7. The van der Waals surface area contributed by atoms with E-state index in [2.05, 4.69) is 5.32 Å². The summed E-state index contributed by atoms with van der Waals surface area (Å²) in [4.78, 5) is 12.2. The highest BCUT2D eigenvalue weighted by Gasteiger charge is 2.09. The SMILES string of the molecule is CCOc1ccc(CC(=O)Nc2ccc(OC)cc2OC)cc1. The molecule has 0 saturated carbocycles. The van der Waals surface area contributed by atoms with Crippen LogP contribution in [0.5, 0.6) is 17.2 Å². The van der Waals surface area contributed by atoms with Crippen LogP contribution in [0.25, 0.3) is 0 Å². The molecule has 1 amide bonds. The normalized spacial score (nSPS) is 10.0. The van der Waals surface area contributed by atoms with Crippen molar-refractivity contribution in [2.75, 3.05) is 26.1 Å². The first-order valence-corrected chi connectivity index (χ1v) is 7.40. The average Bonchev–Trinajstić information content (AvgIpc) is 2.57. The molecule has 122 valence electrons. The fourth-order valence-electron chi connectivity index (χ4n) is 2.15. The molecule has 5 nitrogen and oxygen atoms in total. The van der Waals surface area contributed by atoms with E-state index in [1.807, 2.05) is 31.2 Å². The van der Waals surface area contributed by atoms with Crippen LogP contribution in [0.2, 0.25) is 0 Å². The van der Waals surface area contributed by atoms with Crippen molar-refractivity contribution < 1.29 is 19.0 Å². The Morgan fingerprint density at radius 3 is 2.30 bits per heavy atom. The van der Waals surface area contributed by atoms with Gasteiger partial charge < -0.3 is 19.5 Å². The van der Waals surface area contributed by atoms with Gasteiger partial charge in [0.2, 0.25) is 5.91 Å². The second kappa shape index (κ2) is 8.08. The number of methoxy groups -OCH3 is 2. The summed E-state index contributed by atoms with van der Waals surface area (Å²) in [5.74, 6) is 1.92. The van der Waals surface area contributed by atoms with Crippen LogP contribution >= 0.6 is 0 Å². The highest BCUT2D eigenvalue weighted by molar-refractivity contribution is 5.93. The summed E-state index contributed by atoms with van der Waals surface area (Å²) in [6, 6.07) is 12.8. The van der Waals surface area contributed by atoms with Crippen molar-refractivity contribution in [3.8, 4) is 17.2 Å². The van der Waals surface area contributed by atoms with Crippen LogP contribution in [0.4, 0.5) is 5.69 Å². The summed E-state index contributed by atoms with van der Waals surface area (Å²) >= 11 is 0. The summed E-state index contributed by atoms with van der Waals surface area (Å²) in [5.41, 5.74) is 1.53. The van der Waals surface area contributed by atoms with Gasteiger partial charge in [-0.2, -0.15) is 0 Å². The van der Waals surface area contributed by atoms with Crippen molar-refractivity contribution in [1.82, 2.24) is 0 Å². The second-order valence-corrected chi connectivity index (χ2v) is 4.87. The fourth-order valence-corrected chi connectivity index (χ4v) is 2.15. The van der Waals surface area contributed by atoms with Crippen molar-refractivity contribution in [2.45, 2.75) is 13.3 Å². The lowest BCUT2D eigenvalue weighted by Crippen LogP contribution is -2.15. The van der Waals surface area contributed by atoms with Crippen molar-refractivity contribution >= 4 is 11.6 Å². The molecule has 0 aliphatic heterocycles. The minimum Gasteiger partial charge on any atom is -0.497 e. The molecular weight excluding hydrogens is 294 g/mol. The monoisotopic (exact) mass is 315 g/mol. The van der Waals surface area contributed by atoms with Gasteiger partial charge in [0, 0.05) is 6.07 Å². The van der Waals surface area contributed by atoms with Gasteiger partial charge >= 0.3 is 0 Å². The molecule has 0 atom stereocenters. The highest BCUT2D eigenvalue weighted by Crippen LogP contribution is 2.29. The van der Waals surface area contributed by atoms with E-state index in [0.717, 1.165) is 11.3 Å². The molecule has 0 radical (unpaired) electrons. The summed E-state index contributed by atoms with van der Waals surface area (Å²) in [7, 11) is 3.13. The molecule has 2 aromatic rings. The smallest absolute Gasteiger partial charge is 0.228 e. The third-order valence-electron chi connectivity index (χ3n) is 3.28. The van der Waals surface area contributed by atoms with E-state index in [0.29, 0.717) is 23.8 Å². The van der Waals surface area contributed by atoms with Gasteiger partial charge in [-0.05, 0) is 36.8 Å². The molecule has 0 unspecified atom stereocenters. The molecule has 0 bridgehead atoms. The summed E-state index contributed by atoms with van der Waals surface area (Å²) < 4.78 is 15.8. The number of carbonyl (C=O) groups excluding carboxylic acids is 1. The Balaban J connectivity index is 2.01. The van der Waals surface area contributed by atoms with Crippen LogP contribution in [-0.2, 0) is 11.2 Å². The molecule has 5 heteroatoms. The van der Waals surface area contributed by atoms with Crippen molar-refractivity contribution in [2.24, 2.45) is 0 Å². The third kappa shape index (κ3) is 4.64. The average molecular weight is 315 g/mol. The number of anilines is 1. The number of ether oxygens (including phenoxy) is 3. The predicted molar refractivity (Wildman–Crippen MR) is 89.5 cm³/mol. The lowest BCUT2D eigenvalue weighted by molar-refractivity contribution is -0.115. The first kappa shape index (κ1) is 16.7. The van der Waals surface area contributed by atoms with Crippen LogP contribution < -0.4 is 19.5 Å². The van der Waals surface area contributed by atoms with Gasteiger partial charge in [-0.25, -0.2) is 0 Å². The van der Waals surface area contributed by atoms with Crippen LogP contribution in [0.3, 0.4) is 0 Å². The van der Waals surface area contributed by atoms with Gasteiger partial charge in [0.15, 0.2) is 0 Å². The lowest BCUT2D eigenvalue weighted by Gasteiger charge is -2.12. The zero-order valence-corrected chi connectivity index (χ0v) is 13.6. The van der Waals surface area contributed by atoms with Crippen molar-refractivity contribution in [1.29, 1.82) is 0 Å². The van der Waals surface area contributed by atoms with E-state index in [1.54, 1.807) is 32.4 Å². The largest absolute Gasteiger partial charge is 0.497 e. The number of carbonyl (C=O) groups is 1. The summed E-state index contributed by atoms with van der Waals surface area (Å²) in [6.07, 6.45) is 0.279. The zero-order valence-electron chi connectivity index (χ0n) is 13.6. The van der Waals surface area contributed by atoms with Gasteiger partial charge in [0.1, 0.15) is 17.2 Å². The van der Waals surface area contributed by atoms with E-state index in [4.69, 9.17) is 14.2 Å². The Bertz CT molecular complexity index is 653. The first-order chi connectivity index (χ1) is 11.2. The molecule has 23 heavy (non-hydrogen) atoms. The minimum absolute atomic E-state index is 0.113. The Morgan fingerprint density at radius 2 is 1.70 bits per heavy atom. The van der Waals surface area contributed by atoms with Crippen LogP contribution in [0.15, 0.2) is 42.5 Å². The lowest BCUT2D eigenvalue weighted by atomic mass is 10.1. The molecule has 0 spiro atoms. The van der Waals surface area contributed by atoms with Crippen molar-refractivity contribution in [3.63, 3.8) is 0 Å². The molecule has 0 heterocycles. The van der Waals surface area contributed by atoms with Gasteiger partial charge in [-0.3, -0.25) is 4.79 Å². The molecular formula is C18H21NO4. The summed E-state index contributed by atoms with van der Waals surface area (Å²) in [6.45, 7) is 2.56. The molecule has 0 saturated heterocycles. The Labute approximate surface area is 136 Å². The number of hydrogen-bond donors (Lipinski definition) is 1. The summed E-state index contributed by atoms with van der Waals surface area (Å²) in [5, 5.41) is 2.85. The van der Waals surface area contributed by atoms with E-state index >= 15 is 0 Å². The minimum atomic E-state index is -0.113. The maximum Gasteiger partial charge on any atom is 0.228 e. The number of hydrogen-bond acceptors (Lipinski definition) is 4. The molecule has 0 aromatic heterocycles. The number of amides is 1. The maximum absolute atomic E-state index is 12.2. The fraction of sp³-hybridized carbons (Fsp3) is 0.278.